The molecule has 0 aliphatic rings. The van der Waals surface area contributed by atoms with Gasteiger partial charge in [0.05, 0.1) is 19.2 Å². The molecule has 0 spiro atoms. The molecule has 0 radical (unpaired) electrons. The van der Waals surface area contributed by atoms with Gasteiger partial charge in [-0.1, -0.05) is 42.5 Å². The molecule has 0 aliphatic carbocycles. The second kappa shape index (κ2) is 9.64. The molecule has 6 nitrogen and oxygen atoms in total. The van der Waals surface area contributed by atoms with Gasteiger partial charge in [0.15, 0.2) is 5.96 Å². The molecule has 1 unspecified atom stereocenters. The third kappa shape index (κ3) is 5.46. The number of carbonyl (C=O) groups excluding carboxylic acids is 1. The Kier molecular flexibility index (Phi) is 7.22. The van der Waals surface area contributed by atoms with E-state index in [0.717, 1.165) is 0 Å². The zero-order chi connectivity index (χ0) is 18.1. The van der Waals surface area contributed by atoms with E-state index in [9.17, 15) is 4.79 Å². The molecule has 0 heterocycles. The maximum atomic E-state index is 11.8. The van der Waals surface area contributed by atoms with Crippen LogP contribution in [0.25, 0.3) is 10.8 Å². The van der Waals surface area contributed by atoms with Crippen molar-refractivity contribution in [1.82, 2.24) is 16.0 Å². The van der Waals surface area contributed by atoms with Gasteiger partial charge in [-0.3, -0.25) is 9.79 Å². The Balaban J connectivity index is 1.95. The lowest BCUT2D eigenvalue weighted by Gasteiger charge is -2.19. The lowest BCUT2D eigenvalue weighted by atomic mass is 10.00. The number of guanidine groups is 1. The lowest BCUT2D eigenvalue weighted by molar-refractivity contribution is -0.120. The summed E-state index contributed by atoms with van der Waals surface area (Å²) in [5.74, 6) is 0.486. The van der Waals surface area contributed by atoms with Gasteiger partial charge < -0.3 is 20.7 Å². The van der Waals surface area contributed by atoms with Crippen molar-refractivity contribution in [2.75, 3.05) is 33.9 Å². The SMILES string of the molecule is CN=C(NCC(=O)NCCOC)NC(C)c1cccc2ccccc12. The van der Waals surface area contributed by atoms with E-state index in [1.165, 1.54) is 16.3 Å². The van der Waals surface area contributed by atoms with Crippen molar-refractivity contribution >= 4 is 22.6 Å². The first-order chi connectivity index (χ1) is 12.2. The number of rotatable bonds is 7. The van der Waals surface area contributed by atoms with Crippen molar-refractivity contribution in [2.24, 2.45) is 4.99 Å². The summed E-state index contributed by atoms with van der Waals surface area (Å²) in [7, 11) is 3.29. The number of aliphatic imine (C=N–C) groups is 1. The second-order valence-electron chi connectivity index (χ2n) is 5.70. The summed E-state index contributed by atoms with van der Waals surface area (Å²) >= 11 is 0. The minimum absolute atomic E-state index is 0.0499. The van der Waals surface area contributed by atoms with Gasteiger partial charge in [0, 0.05) is 20.7 Å². The number of hydrogen-bond donors (Lipinski definition) is 3. The largest absolute Gasteiger partial charge is 0.383 e. The monoisotopic (exact) mass is 342 g/mol. The Labute approximate surface area is 148 Å². The highest BCUT2D eigenvalue weighted by atomic mass is 16.5. The number of ether oxygens (including phenoxy) is 1. The van der Waals surface area contributed by atoms with E-state index in [0.29, 0.717) is 19.1 Å². The van der Waals surface area contributed by atoms with Crippen LogP contribution in [0.1, 0.15) is 18.5 Å². The predicted octanol–water partition coefficient (Wildman–Crippen LogP) is 1.83. The number of methoxy groups -OCH3 is 1. The van der Waals surface area contributed by atoms with Gasteiger partial charge in [0.1, 0.15) is 0 Å². The fourth-order valence-corrected chi connectivity index (χ4v) is 2.62. The molecule has 3 N–H and O–H groups in total. The van der Waals surface area contributed by atoms with Crippen LogP contribution in [0.2, 0.25) is 0 Å². The Hall–Kier alpha value is -2.60. The minimum Gasteiger partial charge on any atom is -0.383 e. The van der Waals surface area contributed by atoms with Crippen LogP contribution in [-0.4, -0.2) is 45.7 Å². The van der Waals surface area contributed by atoms with Crippen molar-refractivity contribution < 1.29 is 9.53 Å². The lowest BCUT2D eigenvalue weighted by Crippen LogP contribution is -2.44. The maximum absolute atomic E-state index is 11.8. The van der Waals surface area contributed by atoms with Gasteiger partial charge in [0.25, 0.3) is 0 Å². The Morgan fingerprint density at radius 1 is 1.16 bits per heavy atom. The van der Waals surface area contributed by atoms with E-state index in [1.807, 2.05) is 12.1 Å². The quantitative estimate of drug-likeness (QED) is 0.408. The molecule has 0 fully saturated rings. The molecule has 134 valence electrons. The van der Waals surface area contributed by atoms with E-state index >= 15 is 0 Å². The van der Waals surface area contributed by atoms with Crippen LogP contribution in [0.5, 0.6) is 0 Å². The first kappa shape index (κ1) is 18.7. The first-order valence-electron chi connectivity index (χ1n) is 8.36. The molecular formula is C19H26N4O2. The van der Waals surface area contributed by atoms with Crippen molar-refractivity contribution in [3.05, 3.63) is 48.0 Å². The zero-order valence-electron chi connectivity index (χ0n) is 15.0. The number of hydrogen-bond acceptors (Lipinski definition) is 3. The normalized spacial score (nSPS) is 12.7. The van der Waals surface area contributed by atoms with E-state index in [2.05, 4.69) is 58.2 Å². The highest BCUT2D eigenvalue weighted by Crippen LogP contribution is 2.23. The third-order valence-corrected chi connectivity index (χ3v) is 3.91. The van der Waals surface area contributed by atoms with Gasteiger partial charge in [-0.05, 0) is 23.3 Å². The number of fused-ring (bicyclic) bond motifs is 1. The number of nitrogens with one attached hydrogen (secondary N) is 3. The molecule has 1 atom stereocenters. The molecule has 25 heavy (non-hydrogen) atoms. The fraction of sp³-hybridized carbons (Fsp3) is 0.368. The van der Waals surface area contributed by atoms with E-state index in [1.54, 1.807) is 14.2 Å². The molecule has 2 rings (SSSR count). The summed E-state index contributed by atoms with van der Waals surface area (Å²) in [6.07, 6.45) is 0. The molecule has 0 aliphatic heterocycles. The van der Waals surface area contributed by atoms with Gasteiger partial charge in [-0.25, -0.2) is 0 Å². The van der Waals surface area contributed by atoms with Crippen LogP contribution >= 0.6 is 0 Å². The van der Waals surface area contributed by atoms with Gasteiger partial charge >= 0.3 is 0 Å². The van der Waals surface area contributed by atoms with E-state index in [4.69, 9.17) is 4.74 Å². The van der Waals surface area contributed by atoms with Crippen molar-refractivity contribution in [2.45, 2.75) is 13.0 Å². The number of amides is 1. The Morgan fingerprint density at radius 3 is 2.68 bits per heavy atom. The van der Waals surface area contributed by atoms with E-state index in [-0.39, 0.29) is 18.5 Å². The zero-order valence-corrected chi connectivity index (χ0v) is 15.0. The van der Waals surface area contributed by atoms with E-state index < -0.39 is 0 Å². The third-order valence-electron chi connectivity index (χ3n) is 3.91. The van der Waals surface area contributed by atoms with Gasteiger partial charge in [-0.2, -0.15) is 0 Å². The molecular weight excluding hydrogens is 316 g/mol. The van der Waals surface area contributed by atoms with Gasteiger partial charge in [0.2, 0.25) is 5.91 Å². The summed E-state index contributed by atoms with van der Waals surface area (Å²) < 4.78 is 4.90. The van der Waals surface area contributed by atoms with Crippen LogP contribution in [0.15, 0.2) is 47.5 Å². The van der Waals surface area contributed by atoms with Crippen LogP contribution in [0.3, 0.4) is 0 Å². The first-order valence-corrected chi connectivity index (χ1v) is 8.36. The standard InChI is InChI=1S/C19H26N4O2/c1-14(16-10-6-8-15-7-4-5-9-17(15)16)23-19(20-2)22-13-18(24)21-11-12-25-3/h4-10,14H,11-13H2,1-3H3,(H,21,24)(H2,20,22,23). The van der Waals surface area contributed by atoms with Crippen LogP contribution in [-0.2, 0) is 9.53 Å². The highest BCUT2D eigenvalue weighted by Gasteiger charge is 2.11. The summed E-state index contributed by atoms with van der Waals surface area (Å²) in [4.78, 5) is 15.9. The van der Waals surface area contributed by atoms with Crippen LogP contribution < -0.4 is 16.0 Å². The second-order valence-corrected chi connectivity index (χ2v) is 5.70. The van der Waals surface area contributed by atoms with Crippen LogP contribution in [0.4, 0.5) is 0 Å². The molecule has 1 amide bonds. The summed E-state index contributed by atoms with van der Waals surface area (Å²) in [5.41, 5.74) is 1.19. The predicted molar refractivity (Wildman–Crippen MR) is 102 cm³/mol. The van der Waals surface area contributed by atoms with Crippen molar-refractivity contribution in [3.8, 4) is 0 Å². The molecule has 0 saturated heterocycles. The minimum atomic E-state index is -0.0992. The number of benzene rings is 2. The Morgan fingerprint density at radius 2 is 1.92 bits per heavy atom. The smallest absolute Gasteiger partial charge is 0.239 e. The summed E-state index contributed by atoms with van der Waals surface area (Å²) in [5, 5.41) is 11.5. The molecule has 0 saturated carbocycles. The molecule has 0 bridgehead atoms. The molecule has 2 aromatic rings. The number of nitrogens with zero attached hydrogens (tertiary/aromatic N) is 1. The fourth-order valence-electron chi connectivity index (χ4n) is 2.62. The molecule has 6 heteroatoms. The average Bonchev–Trinajstić information content (AvgIpc) is 2.64. The summed E-state index contributed by atoms with van der Waals surface area (Å²) in [6.45, 7) is 3.23. The topological polar surface area (TPSA) is 74.8 Å². The molecule has 2 aromatic carbocycles. The Bertz CT molecular complexity index is 725. The maximum Gasteiger partial charge on any atom is 0.239 e. The van der Waals surface area contributed by atoms with Crippen molar-refractivity contribution in [1.29, 1.82) is 0 Å². The van der Waals surface area contributed by atoms with Crippen LogP contribution in [0, 0.1) is 0 Å². The highest BCUT2D eigenvalue weighted by molar-refractivity contribution is 5.88. The van der Waals surface area contributed by atoms with Crippen molar-refractivity contribution in [3.63, 3.8) is 0 Å². The summed E-state index contributed by atoms with van der Waals surface area (Å²) in [6, 6.07) is 14.6. The number of carbonyl (C=O) groups is 1. The average molecular weight is 342 g/mol. The molecule has 0 aromatic heterocycles. The van der Waals surface area contributed by atoms with Gasteiger partial charge in [-0.15, -0.1) is 0 Å².